The highest BCUT2D eigenvalue weighted by Gasteiger charge is 2.41. The first kappa shape index (κ1) is 17.0. The van der Waals surface area contributed by atoms with Gasteiger partial charge in [-0.3, -0.25) is 4.79 Å². The summed E-state index contributed by atoms with van der Waals surface area (Å²) < 4.78 is 28.0. The highest BCUT2D eigenvalue weighted by molar-refractivity contribution is 7.90. The standard InChI is InChI=1S/C18H25N3O3S/c22-18(14-4-2-1-3-5-14)21-12-17(13-21)25(23,24)19-15-8-10-20(11-9-15)16-6-7-16/h1-5,15-17,19H,6-13H2. The van der Waals surface area contributed by atoms with Gasteiger partial charge in [-0.15, -0.1) is 0 Å². The maximum Gasteiger partial charge on any atom is 0.253 e. The van der Waals surface area contributed by atoms with Crippen LogP contribution in [0.1, 0.15) is 36.0 Å². The summed E-state index contributed by atoms with van der Waals surface area (Å²) in [4.78, 5) is 16.4. The monoisotopic (exact) mass is 363 g/mol. The summed E-state index contributed by atoms with van der Waals surface area (Å²) in [6.07, 6.45) is 4.36. The van der Waals surface area contributed by atoms with Gasteiger partial charge in [-0.05, 0) is 50.9 Å². The minimum atomic E-state index is -3.36. The Hall–Kier alpha value is -1.44. The van der Waals surface area contributed by atoms with E-state index in [1.54, 1.807) is 17.0 Å². The van der Waals surface area contributed by atoms with Crippen LogP contribution < -0.4 is 4.72 Å². The fourth-order valence-corrected chi connectivity index (χ4v) is 5.36. The summed E-state index contributed by atoms with van der Waals surface area (Å²) in [6, 6.07) is 9.80. The number of sulfonamides is 1. The molecule has 25 heavy (non-hydrogen) atoms. The van der Waals surface area contributed by atoms with E-state index in [0.29, 0.717) is 5.56 Å². The lowest BCUT2D eigenvalue weighted by molar-refractivity contribution is 0.0657. The number of hydrogen-bond acceptors (Lipinski definition) is 4. The minimum absolute atomic E-state index is 0.0406. The van der Waals surface area contributed by atoms with E-state index < -0.39 is 15.3 Å². The second-order valence-electron chi connectivity index (χ2n) is 7.40. The van der Waals surface area contributed by atoms with Gasteiger partial charge in [0.05, 0.1) is 0 Å². The van der Waals surface area contributed by atoms with E-state index in [0.717, 1.165) is 32.0 Å². The van der Waals surface area contributed by atoms with Crippen molar-refractivity contribution in [2.24, 2.45) is 0 Å². The number of piperidine rings is 1. The van der Waals surface area contributed by atoms with Gasteiger partial charge in [0.15, 0.2) is 0 Å². The second kappa shape index (κ2) is 6.70. The predicted octanol–water partition coefficient (Wildman–Crippen LogP) is 1.06. The minimum Gasteiger partial charge on any atom is -0.336 e. The summed E-state index contributed by atoms with van der Waals surface area (Å²) in [5.74, 6) is -0.0928. The molecule has 1 aliphatic carbocycles. The molecule has 1 amide bonds. The van der Waals surface area contributed by atoms with Crippen LogP contribution in [0.5, 0.6) is 0 Å². The number of nitrogens with one attached hydrogen (secondary N) is 1. The molecule has 1 aromatic rings. The second-order valence-corrected chi connectivity index (χ2v) is 9.39. The molecule has 1 N–H and O–H groups in total. The highest BCUT2D eigenvalue weighted by atomic mass is 32.2. The van der Waals surface area contributed by atoms with Gasteiger partial charge in [0.1, 0.15) is 5.25 Å². The molecule has 136 valence electrons. The zero-order chi connectivity index (χ0) is 17.4. The molecule has 0 unspecified atom stereocenters. The SMILES string of the molecule is O=C(c1ccccc1)N1CC(S(=O)(=O)NC2CCN(C3CC3)CC2)C1. The van der Waals surface area contributed by atoms with Crippen molar-refractivity contribution in [3.05, 3.63) is 35.9 Å². The van der Waals surface area contributed by atoms with Crippen molar-refractivity contribution in [1.82, 2.24) is 14.5 Å². The molecule has 0 radical (unpaired) electrons. The molecule has 0 aromatic heterocycles. The summed E-state index contributed by atoms with van der Waals surface area (Å²) in [7, 11) is -3.36. The van der Waals surface area contributed by atoms with Crippen molar-refractivity contribution in [2.75, 3.05) is 26.2 Å². The molecular weight excluding hydrogens is 338 g/mol. The largest absolute Gasteiger partial charge is 0.336 e. The zero-order valence-electron chi connectivity index (χ0n) is 14.3. The van der Waals surface area contributed by atoms with Gasteiger partial charge in [0, 0.05) is 30.7 Å². The number of nitrogens with zero attached hydrogens (tertiary/aromatic N) is 2. The van der Waals surface area contributed by atoms with Crippen LogP contribution in [0.15, 0.2) is 30.3 Å². The molecule has 3 fully saturated rings. The lowest BCUT2D eigenvalue weighted by atomic mass is 10.1. The number of likely N-dealkylation sites (tertiary alicyclic amines) is 2. The molecule has 0 bridgehead atoms. The molecule has 1 saturated carbocycles. The molecule has 0 spiro atoms. The van der Waals surface area contributed by atoms with Gasteiger partial charge >= 0.3 is 0 Å². The number of hydrogen-bond donors (Lipinski definition) is 1. The van der Waals surface area contributed by atoms with Gasteiger partial charge in [-0.1, -0.05) is 18.2 Å². The first-order chi connectivity index (χ1) is 12.0. The van der Waals surface area contributed by atoms with Crippen LogP contribution >= 0.6 is 0 Å². The topological polar surface area (TPSA) is 69.7 Å². The summed E-state index contributed by atoms with van der Waals surface area (Å²) in [5.41, 5.74) is 0.610. The Morgan fingerprint density at radius 1 is 1.00 bits per heavy atom. The average molecular weight is 363 g/mol. The maximum atomic E-state index is 12.6. The Kier molecular flexibility index (Phi) is 4.56. The number of carbonyl (C=O) groups excluding carboxylic acids is 1. The van der Waals surface area contributed by atoms with E-state index in [9.17, 15) is 13.2 Å². The van der Waals surface area contributed by atoms with Gasteiger partial charge < -0.3 is 9.80 Å². The first-order valence-electron chi connectivity index (χ1n) is 9.12. The predicted molar refractivity (Wildman–Crippen MR) is 95.8 cm³/mol. The molecule has 6 nitrogen and oxygen atoms in total. The summed E-state index contributed by atoms with van der Waals surface area (Å²) in [6.45, 7) is 2.54. The molecular formula is C18H25N3O3S. The van der Waals surface area contributed by atoms with Gasteiger partial charge in [0.2, 0.25) is 10.0 Å². The third-order valence-electron chi connectivity index (χ3n) is 5.52. The fraction of sp³-hybridized carbons (Fsp3) is 0.611. The van der Waals surface area contributed by atoms with E-state index in [-0.39, 0.29) is 25.0 Å². The third-order valence-corrected chi connectivity index (χ3v) is 7.36. The van der Waals surface area contributed by atoms with Gasteiger partial charge in [-0.2, -0.15) is 0 Å². The smallest absolute Gasteiger partial charge is 0.253 e. The molecule has 2 aliphatic heterocycles. The van der Waals surface area contributed by atoms with Crippen LogP contribution in [-0.2, 0) is 10.0 Å². The lowest BCUT2D eigenvalue weighted by Crippen LogP contribution is -2.60. The first-order valence-corrected chi connectivity index (χ1v) is 10.7. The Morgan fingerprint density at radius 3 is 2.24 bits per heavy atom. The quantitative estimate of drug-likeness (QED) is 0.849. The molecule has 2 heterocycles. The van der Waals surface area contributed by atoms with Crippen LogP contribution in [0, 0.1) is 0 Å². The van der Waals surface area contributed by atoms with Crippen LogP contribution in [0.25, 0.3) is 0 Å². The molecule has 0 atom stereocenters. The molecule has 3 aliphatic rings. The van der Waals surface area contributed by atoms with E-state index >= 15 is 0 Å². The van der Waals surface area contributed by atoms with Crippen molar-refractivity contribution in [1.29, 1.82) is 0 Å². The highest BCUT2D eigenvalue weighted by Crippen LogP contribution is 2.29. The Labute approximate surface area is 149 Å². The zero-order valence-corrected chi connectivity index (χ0v) is 15.1. The molecule has 4 rings (SSSR count). The van der Waals surface area contributed by atoms with E-state index in [1.165, 1.54) is 12.8 Å². The fourth-order valence-electron chi connectivity index (χ4n) is 3.71. The van der Waals surface area contributed by atoms with Crippen LogP contribution in [0.3, 0.4) is 0 Å². The van der Waals surface area contributed by atoms with Crippen LogP contribution in [-0.4, -0.2) is 67.6 Å². The van der Waals surface area contributed by atoms with Crippen molar-refractivity contribution in [2.45, 2.75) is 43.0 Å². The Balaban J connectivity index is 1.27. The van der Waals surface area contributed by atoms with E-state index in [4.69, 9.17) is 0 Å². The number of amides is 1. The van der Waals surface area contributed by atoms with E-state index in [1.807, 2.05) is 18.2 Å². The number of carbonyl (C=O) groups is 1. The average Bonchev–Trinajstić information content (AvgIpc) is 3.39. The summed E-state index contributed by atoms with van der Waals surface area (Å²) in [5, 5.41) is -0.485. The maximum absolute atomic E-state index is 12.6. The Morgan fingerprint density at radius 2 is 1.64 bits per heavy atom. The molecule has 1 aromatic carbocycles. The normalized spacial score (nSPS) is 23.4. The van der Waals surface area contributed by atoms with Crippen LogP contribution in [0.2, 0.25) is 0 Å². The Bertz CT molecular complexity index is 719. The van der Waals surface area contributed by atoms with Crippen molar-refractivity contribution < 1.29 is 13.2 Å². The number of rotatable bonds is 5. The lowest BCUT2D eigenvalue weighted by Gasteiger charge is -2.40. The van der Waals surface area contributed by atoms with Gasteiger partial charge in [0.25, 0.3) is 5.91 Å². The van der Waals surface area contributed by atoms with Crippen molar-refractivity contribution in [3.63, 3.8) is 0 Å². The molecule has 2 saturated heterocycles. The van der Waals surface area contributed by atoms with Gasteiger partial charge in [-0.25, -0.2) is 13.1 Å². The van der Waals surface area contributed by atoms with E-state index in [2.05, 4.69) is 9.62 Å². The van der Waals surface area contributed by atoms with Crippen molar-refractivity contribution in [3.8, 4) is 0 Å². The van der Waals surface area contributed by atoms with Crippen molar-refractivity contribution >= 4 is 15.9 Å². The summed E-state index contributed by atoms with van der Waals surface area (Å²) >= 11 is 0. The molecule has 7 heteroatoms. The third kappa shape index (κ3) is 3.73. The van der Waals surface area contributed by atoms with Crippen LogP contribution in [0.4, 0.5) is 0 Å². The number of benzene rings is 1.